The Morgan fingerprint density at radius 1 is 1.14 bits per heavy atom. The first-order valence-corrected chi connectivity index (χ1v) is 11.8. The monoisotopic (exact) mass is 492 g/mol. The van der Waals surface area contributed by atoms with E-state index in [0.29, 0.717) is 49.4 Å². The Morgan fingerprint density at radius 3 is 2.72 bits per heavy atom. The van der Waals surface area contributed by atoms with Gasteiger partial charge in [-0.3, -0.25) is 4.90 Å². The molecule has 1 unspecified atom stereocenters. The normalized spacial score (nSPS) is 16.9. The number of hydrogen-bond donors (Lipinski definition) is 1. The fraction of sp³-hybridized carbons (Fsp3) is 0.346. The highest BCUT2D eigenvalue weighted by atomic mass is 16.7. The number of nitrogens with one attached hydrogen (secondary N) is 1. The summed E-state index contributed by atoms with van der Waals surface area (Å²) >= 11 is 0. The van der Waals surface area contributed by atoms with Crippen molar-refractivity contribution < 1.29 is 28.3 Å². The molecule has 1 N–H and O–H groups in total. The predicted octanol–water partition coefficient (Wildman–Crippen LogP) is 4.40. The number of ether oxygens (including phenoxy) is 4. The minimum atomic E-state index is -0.475. The van der Waals surface area contributed by atoms with E-state index in [2.05, 4.69) is 10.5 Å². The van der Waals surface area contributed by atoms with Crippen LogP contribution in [0.3, 0.4) is 0 Å². The first kappa shape index (κ1) is 23.7. The molecule has 0 radical (unpaired) electrons. The van der Waals surface area contributed by atoms with E-state index >= 15 is 0 Å². The number of urea groups is 1. The zero-order chi connectivity index (χ0) is 25.1. The van der Waals surface area contributed by atoms with Gasteiger partial charge in [0, 0.05) is 31.0 Å². The van der Waals surface area contributed by atoms with Gasteiger partial charge in [0.25, 0.3) is 5.89 Å². The first-order valence-electron chi connectivity index (χ1n) is 11.8. The molecule has 0 fully saturated rings. The minimum Gasteiger partial charge on any atom is -0.497 e. The second-order valence-electron chi connectivity index (χ2n) is 8.35. The molecular formula is C26H28N4O6. The van der Waals surface area contributed by atoms with Crippen molar-refractivity contribution in [3.8, 4) is 28.6 Å². The van der Waals surface area contributed by atoms with Crippen molar-refractivity contribution in [1.82, 2.24) is 20.4 Å². The summed E-state index contributed by atoms with van der Waals surface area (Å²) in [5.74, 6) is 2.78. The molecule has 1 atom stereocenters. The molecule has 2 aliphatic heterocycles. The van der Waals surface area contributed by atoms with Gasteiger partial charge in [0.2, 0.25) is 12.6 Å². The van der Waals surface area contributed by atoms with Gasteiger partial charge in [-0.1, -0.05) is 17.3 Å². The average molecular weight is 493 g/mol. The molecule has 5 rings (SSSR count). The molecule has 2 aromatic carbocycles. The highest BCUT2D eigenvalue weighted by molar-refractivity contribution is 5.87. The van der Waals surface area contributed by atoms with Crippen LogP contribution >= 0.6 is 0 Å². The van der Waals surface area contributed by atoms with Crippen LogP contribution in [0.15, 0.2) is 52.7 Å². The third-order valence-electron chi connectivity index (χ3n) is 6.21. The molecule has 0 saturated carbocycles. The second kappa shape index (κ2) is 10.3. The number of methoxy groups -OCH3 is 1. The number of hydrogen-bond acceptors (Lipinski definition) is 8. The van der Waals surface area contributed by atoms with Crippen LogP contribution in [0.25, 0.3) is 17.0 Å². The molecule has 0 spiro atoms. The van der Waals surface area contributed by atoms with Gasteiger partial charge >= 0.3 is 6.03 Å². The number of allylic oxidation sites excluding steroid dienone is 1. The Morgan fingerprint density at radius 2 is 1.94 bits per heavy atom. The van der Waals surface area contributed by atoms with Crippen LogP contribution < -0.4 is 19.5 Å². The fourth-order valence-electron chi connectivity index (χ4n) is 4.33. The number of benzene rings is 2. The van der Waals surface area contributed by atoms with Crippen molar-refractivity contribution in [3.63, 3.8) is 0 Å². The molecule has 36 heavy (non-hydrogen) atoms. The van der Waals surface area contributed by atoms with Gasteiger partial charge in [0.05, 0.1) is 18.7 Å². The van der Waals surface area contributed by atoms with Gasteiger partial charge in [-0.2, -0.15) is 4.98 Å². The summed E-state index contributed by atoms with van der Waals surface area (Å²) in [6.45, 7) is 5.74. The summed E-state index contributed by atoms with van der Waals surface area (Å²) in [5.41, 5.74) is 3.09. The third kappa shape index (κ3) is 4.59. The van der Waals surface area contributed by atoms with E-state index in [1.165, 1.54) is 0 Å². The summed E-state index contributed by atoms with van der Waals surface area (Å²) in [5, 5.41) is 7.33. The van der Waals surface area contributed by atoms with E-state index in [9.17, 15) is 4.79 Å². The zero-order valence-electron chi connectivity index (χ0n) is 20.4. The summed E-state index contributed by atoms with van der Waals surface area (Å²) in [4.78, 5) is 19.5. The number of amides is 2. The minimum absolute atomic E-state index is 0.185. The molecule has 10 heteroatoms. The first-order chi connectivity index (χ1) is 17.6. The number of fused-ring (bicyclic) bond motifs is 1. The maximum absolute atomic E-state index is 13.1. The van der Waals surface area contributed by atoms with Crippen molar-refractivity contribution in [2.75, 3.05) is 33.7 Å². The molecule has 10 nitrogen and oxygen atoms in total. The Bertz CT molecular complexity index is 1270. The summed E-state index contributed by atoms with van der Waals surface area (Å²) in [7, 11) is 1.61. The lowest BCUT2D eigenvalue weighted by Crippen LogP contribution is -2.46. The molecule has 2 aliphatic rings. The van der Waals surface area contributed by atoms with Gasteiger partial charge in [0.15, 0.2) is 11.5 Å². The molecule has 3 aromatic rings. The number of carbonyl (C=O) groups excluding carboxylic acids is 1. The van der Waals surface area contributed by atoms with Crippen molar-refractivity contribution >= 4 is 11.6 Å². The fourth-order valence-corrected chi connectivity index (χ4v) is 4.33. The van der Waals surface area contributed by atoms with Crippen LogP contribution in [-0.2, 0) is 4.74 Å². The van der Waals surface area contributed by atoms with Gasteiger partial charge in [-0.15, -0.1) is 0 Å². The molecule has 1 aromatic heterocycles. The lowest BCUT2D eigenvalue weighted by Gasteiger charge is -2.35. The van der Waals surface area contributed by atoms with Crippen LogP contribution in [-0.4, -0.2) is 54.7 Å². The van der Waals surface area contributed by atoms with Crippen molar-refractivity contribution in [3.05, 3.63) is 59.6 Å². The molecule has 0 bridgehead atoms. The van der Waals surface area contributed by atoms with Crippen LogP contribution in [0.1, 0.15) is 37.8 Å². The van der Waals surface area contributed by atoms with Crippen molar-refractivity contribution in [2.24, 2.45) is 0 Å². The molecule has 2 amide bonds. The van der Waals surface area contributed by atoms with E-state index < -0.39 is 6.04 Å². The molecule has 0 aliphatic carbocycles. The van der Waals surface area contributed by atoms with Gasteiger partial charge in [0.1, 0.15) is 5.75 Å². The van der Waals surface area contributed by atoms with E-state index in [4.69, 9.17) is 28.5 Å². The Labute approximate surface area is 208 Å². The Hall–Kier alpha value is -4.05. The third-order valence-corrected chi connectivity index (χ3v) is 6.21. The standard InChI is InChI=1S/C26H28N4O6/c1-4-33-13-5-12-30-16(2)22(23(27-26(30)31)17-6-9-19(32-3)10-7-17)25-28-24(29-36-25)18-8-11-20-21(14-18)35-15-34-20/h6-11,14,23H,4-5,12-13,15H2,1-3H3,(H,27,31). The van der Waals surface area contributed by atoms with Gasteiger partial charge in [-0.05, 0) is 56.2 Å². The molecule has 3 heterocycles. The van der Waals surface area contributed by atoms with Crippen LogP contribution in [0, 0.1) is 0 Å². The smallest absolute Gasteiger partial charge is 0.322 e. The van der Waals surface area contributed by atoms with Crippen molar-refractivity contribution in [1.29, 1.82) is 0 Å². The second-order valence-corrected chi connectivity index (χ2v) is 8.35. The summed E-state index contributed by atoms with van der Waals surface area (Å²) < 4.78 is 27.4. The molecule has 0 saturated heterocycles. The Kier molecular flexibility index (Phi) is 6.77. The maximum Gasteiger partial charge on any atom is 0.322 e. The van der Waals surface area contributed by atoms with Crippen LogP contribution in [0.5, 0.6) is 17.2 Å². The molecule has 188 valence electrons. The summed E-state index contributed by atoms with van der Waals surface area (Å²) in [6.07, 6.45) is 0.700. The van der Waals surface area contributed by atoms with E-state index in [0.717, 1.165) is 28.1 Å². The largest absolute Gasteiger partial charge is 0.497 e. The van der Waals surface area contributed by atoms with Crippen LogP contribution in [0.2, 0.25) is 0 Å². The highest BCUT2D eigenvalue weighted by Gasteiger charge is 2.35. The number of aromatic nitrogens is 2. The summed E-state index contributed by atoms with van der Waals surface area (Å²) in [6, 6.07) is 12.4. The van der Waals surface area contributed by atoms with Gasteiger partial charge < -0.3 is 28.8 Å². The van der Waals surface area contributed by atoms with E-state index in [1.54, 1.807) is 12.0 Å². The lowest BCUT2D eigenvalue weighted by atomic mass is 9.94. The quantitative estimate of drug-likeness (QED) is 0.438. The topological polar surface area (TPSA) is 108 Å². The van der Waals surface area contributed by atoms with E-state index in [-0.39, 0.29) is 12.8 Å². The lowest BCUT2D eigenvalue weighted by molar-refractivity contribution is 0.136. The predicted molar refractivity (Wildman–Crippen MR) is 131 cm³/mol. The zero-order valence-corrected chi connectivity index (χ0v) is 20.4. The maximum atomic E-state index is 13.1. The number of nitrogens with zero attached hydrogens (tertiary/aromatic N) is 3. The number of carbonyl (C=O) groups is 1. The van der Waals surface area contributed by atoms with E-state index in [1.807, 2.05) is 56.3 Å². The Balaban J connectivity index is 1.51. The average Bonchev–Trinajstić information content (AvgIpc) is 3.57. The molecular weight excluding hydrogens is 464 g/mol. The SMILES string of the molecule is CCOCCCN1C(=O)NC(c2ccc(OC)cc2)C(c2nc(-c3ccc4c(c3)OCO4)no2)=C1C. The van der Waals surface area contributed by atoms with Crippen molar-refractivity contribution in [2.45, 2.75) is 26.3 Å². The highest BCUT2D eigenvalue weighted by Crippen LogP contribution is 2.39. The number of rotatable bonds is 9. The van der Waals surface area contributed by atoms with Crippen LogP contribution in [0.4, 0.5) is 4.79 Å². The van der Waals surface area contributed by atoms with Gasteiger partial charge in [-0.25, -0.2) is 4.79 Å².